The Morgan fingerprint density at radius 3 is 2.85 bits per heavy atom. The number of carbonyl (C=O) groups excluding carboxylic acids is 1. The zero-order valence-electron chi connectivity index (χ0n) is 11.1. The summed E-state index contributed by atoms with van der Waals surface area (Å²) in [5.41, 5.74) is 0.927. The van der Waals surface area contributed by atoms with Crippen molar-refractivity contribution in [3.63, 3.8) is 0 Å². The van der Waals surface area contributed by atoms with Crippen LogP contribution in [0.15, 0.2) is 42.7 Å². The van der Waals surface area contributed by atoms with Crippen LogP contribution in [0.3, 0.4) is 0 Å². The van der Waals surface area contributed by atoms with E-state index in [2.05, 4.69) is 5.10 Å². The predicted octanol–water partition coefficient (Wildman–Crippen LogP) is 2.20. The molecule has 5 nitrogen and oxygen atoms in total. The van der Waals surface area contributed by atoms with Gasteiger partial charge in [0.2, 0.25) is 0 Å². The number of esters is 1. The van der Waals surface area contributed by atoms with E-state index in [0.29, 0.717) is 12.4 Å². The van der Waals surface area contributed by atoms with E-state index in [1.54, 1.807) is 23.0 Å². The van der Waals surface area contributed by atoms with Gasteiger partial charge in [-0.1, -0.05) is 0 Å². The second kappa shape index (κ2) is 5.88. The largest absolute Gasteiger partial charge is 0.426 e. The maximum absolute atomic E-state index is 12.0. The van der Waals surface area contributed by atoms with Crippen LogP contribution in [0.1, 0.15) is 12.8 Å². The van der Waals surface area contributed by atoms with Crippen molar-refractivity contribution in [1.29, 1.82) is 0 Å². The summed E-state index contributed by atoms with van der Waals surface area (Å²) in [6.45, 7) is 1.20. The lowest BCUT2D eigenvalue weighted by Gasteiger charge is -2.20. The summed E-state index contributed by atoms with van der Waals surface area (Å²) in [5, 5.41) is 4.14. The van der Waals surface area contributed by atoms with Gasteiger partial charge >= 0.3 is 5.97 Å². The summed E-state index contributed by atoms with van der Waals surface area (Å²) in [7, 11) is 0. The Morgan fingerprint density at radius 1 is 1.35 bits per heavy atom. The van der Waals surface area contributed by atoms with E-state index in [4.69, 9.17) is 9.47 Å². The highest BCUT2D eigenvalue weighted by atomic mass is 16.5. The summed E-state index contributed by atoms with van der Waals surface area (Å²) in [5.74, 6) is 0.197. The van der Waals surface area contributed by atoms with Gasteiger partial charge in [0.1, 0.15) is 5.75 Å². The Hall–Kier alpha value is -2.14. The van der Waals surface area contributed by atoms with Crippen LogP contribution in [0.25, 0.3) is 5.69 Å². The highest BCUT2D eigenvalue weighted by Crippen LogP contribution is 2.19. The first-order valence-electron chi connectivity index (χ1n) is 6.72. The fourth-order valence-electron chi connectivity index (χ4n) is 2.21. The van der Waals surface area contributed by atoms with Crippen molar-refractivity contribution in [3.05, 3.63) is 42.7 Å². The molecular formula is C15H16N2O3. The molecule has 0 N–H and O–H groups in total. The molecule has 3 rings (SSSR count). The van der Waals surface area contributed by atoms with Crippen LogP contribution in [0, 0.1) is 5.92 Å². The number of nitrogens with zero attached hydrogens (tertiary/aromatic N) is 2. The fourth-order valence-corrected chi connectivity index (χ4v) is 2.21. The zero-order chi connectivity index (χ0) is 13.8. The van der Waals surface area contributed by atoms with E-state index in [1.165, 1.54) is 0 Å². The molecule has 0 saturated carbocycles. The normalized spacial score (nSPS) is 18.7. The monoisotopic (exact) mass is 272 g/mol. The molecule has 0 bridgehead atoms. The number of hydrogen-bond acceptors (Lipinski definition) is 4. The van der Waals surface area contributed by atoms with Gasteiger partial charge in [-0.2, -0.15) is 5.10 Å². The van der Waals surface area contributed by atoms with E-state index in [1.807, 2.05) is 24.4 Å². The third-order valence-electron chi connectivity index (χ3n) is 3.32. The van der Waals surface area contributed by atoms with Crippen molar-refractivity contribution in [2.75, 3.05) is 13.2 Å². The lowest BCUT2D eigenvalue weighted by atomic mass is 10.0. The van der Waals surface area contributed by atoms with E-state index in [-0.39, 0.29) is 11.9 Å². The number of ether oxygens (including phenoxy) is 2. The molecule has 1 saturated heterocycles. The van der Waals surface area contributed by atoms with Gasteiger partial charge in [-0.25, -0.2) is 4.68 Å². The molecule has 0 radical (unpaired) electrons. The Kier molecular flexibility index (Phi) is 3.78. The van der Waals surface area contributed by atoms with Crippen LogP contribution in [0.2, 0.25) is 0 Å². The molecule has 1 fully saturated rings. The maximum Gasteiger partial charge on any atom is 0.316 e. The van der Waals surface area contributed by atoms with Gasteiger partial charge in [-0.05, 0) is 43.2 Å². The first-order valence-corrected chi connectivity index (χ1v) is 6.72. The third kappa shape index (κ3) is 2.88. The number of benzene rings is 1. The molecule has 0 unspecified atom stereocenters. The molecule has 1 aliphatic rings. The summed E-state index contributed by atoms with van der Waals surface area (Å²) in [6, 6.07) is 9.15. The molecule has 104 valence electrons. The number of aromatic nitrogens is 2. The summed E-state index contributed by atoms with van der Waals surface area (Å²) in [4.78, 5) is 12.0. The van der Waals surface area contributed by atoms with Crippen LogP contribution in [0.4, 0.5) is 0 Å². The number of rotatable bonds is 3. The summed E-state index contributed by atoms with van der Waals surface area (Å²) in [6.07, 6.45) is 5.33. The van der Waals surface area contributed by atoms with Crippen LogP contribution >= 0.6 is 0 Å². The minimum absolute atomic E-state index is 0.144. The third-order valence-corrected chi connectivity index (χ3v) is 3.32. The van der Waals surface area contributed by atoms with Gasteiger partial charge in [0.25, 0.3) is 0 Å². The molecule has 0 amide bonds. The van der Waals surface area contributed by atoms with E-state index in [9.17, 15) is 4.79 Å². The van der Waals surface area contributed by atoms with Crippen LogP contribution in [-0.2, 0) is 9.53 Å². The number of hydrogen-bond donors (Lipinski definition) is 0. The smallest absolute Gasteiger partial charge is 0.316 e. The molecule has 0 aliphatic carbocycles. The second-order valence-electron chi connectivity index (χ2n) is 4.78. The van der Waals surface area contributed by atoms with Gasteiger partial charge in [-0.3, -0.25) is 4.79 Å². The maximum atomic E-state index is 12.0. The van der Waals surface area contributed by atoms with Crippen molar-refractivity contribution < 1.29 is 14.3 Å². The minimum atomic E-state index is -0.212. The Bertz CT molecular complexity index is 557. The fraction of sp³-hybridized carbons (Fsp3) is 0.333. The molecule has 0 spiro atoms. The van der Waals surface area contributed by atoms with Crippen molar-refractivity contribution >= 4 is 5.97 Å². The van der Waals surface area contributed by atoms with Crippen molar-refractivity contribution in [2.45, 2.75) is 12.8 Å². The molecule has 1 aromatic heterocycles. The second-order valence-corrected chi connectivity index (χ2v) is 4.78. The lowest BCUT2D eigenvalue weighted by molar-refractivity contribution is -0.143. The first-order chi connectivity index (χ1) is 9.83. The predicted molar refractivity (Wildman–Crippen MR) is 72.7 cm³/mol. The van der Waals surface area contributed by atoms with Crippen LogP contribution in [0.5, 0.6) is 5.75 Å². The van der Waals surface area contributed by atoms with Crippen LogP contribution < -0.4 is 4.74 Å². The van der Waals surface area contributed by atoms with E-state index < -0.39 is 0 Å². The molecular weight excluding hydrogens is 256 g/mol. The van der Waals surface area contributed by atoms with Crippen molar-refractivity contribution in [2.24, 2.45) is 5.92 Å². The summed E-state index contributed by atoms with van der Waals surface area (Å²) >= 11 is 0. The number of carbonyl (C=O) groups is 1. The molecule has 20 heavy (non-hydrogen) atoms. The van der Waals surface area contributed by atoms with Gasteiger partial charge < -0.3 is 9.47 Å². The topological polar surface area (TPSA) is 53.4 Å². The van der Waals surface area contributed by atoms with Gasteiger partial charge in [0.15, 0.2) is 0 Å². The molecule has 1 aromatic carbocycles. The quantitative estimate of drug-likeness (QED) is 0.635. The standard InChI is InChI=1S/C15H16N2O3/c18-15(12-3-1-10-19-11-12)20-14-6-4-13(5-7-14)17-9-2-8-16-17/h2,4-9,12H,1,3,10-11H2/t12-/m1/s1. The molecule has 5 heteroatoms. The first kappa shape index (κ1) is 12.9. The van der Waals surface area contributed by atoms with Gasteiger partial charge in [0.05, 0.1) is 18.2 Å². The Labute approximate surface area is 117 Å². The average Bonchev–Trinajstić information content (AvgIpc) is 3.03. The highest BCUT2D eigenvalue weighted by molar-refractivity contribution is 5.75. The Balaban J connectivity index is 1.64. The lowest BCUT2D eigenvalue weighted by Crippen LogP contribution is -2.28. The minimum Gasteiger partial charge on any atom is -0.426 e. The summed E-state index contributed by atoms with van der Waals surface area (Å²) < 4.78 is 12.4. The molecule has 1 atom stereocenters. The van der Waals surface area contributed by atoms with E-state index in [0.717, 1.165) is 25.1 Å². The Morgan fingerprint density at radius 2 is 2.20 bits per heavy atom. The molecule has 2 aromatic rings. The van der Waals surface area contributed by atoms with Gasteiger partial charge in [0, 0.05) is 19.0 Å². The average molecular weight is 272 g/mol. The van der Waals surface area contributed by atoms with Crippen molar-refractivity contribution in [3.8, 4) is 11.4 Å². The SMILES string of the molecule is O=C(Oc1ccc(-n2cccn2)cc1)[C@@H]1CCCOC1. The zero-order valence-corrected chi connectivity index (χ0v) is 11.1. The highest BCUT2D eigenvalue weighted by Gasteiger charge is 2.23. The van der Waals surface area contributed by atoms with Crippen LogP contribution in [-0.4, -0.2) is 29.0 Å². The van der Waals surface area contributed by atoms with Gasteiger partial charge in [-0.15, -0.1) is 0 Å². The molecule has 2 heterocycles. The van der Waals surface area contributed by atoms with E-state index >= 15 is 0 Å². The van der Waals surface area contributed by atoms with Crippen molar-refractivity contribution in [1.82, 2.24) is 9.78 Å². The molecule has 1 aliphatic heterocycles.